The number of hydrazone groups is 2. The van der Waals surface area contributed by atoms with Gasteiger partial charge in [-0.15, -0.1) is 0 Å². The molecule has 0 aliphatic heterocycles. The third kappa shape index (κ3) is 5.94. The first-order valence-electron chi connectivity index (χ1n) is 10.7. The zero-order valence-electron chi connectivity index (χ0n) is 18.7. The number of carbonyl (C=O) groups excluding carboxylic acids is 2. The Balaban J connectivity index is 1.34. The maximum Gasteiger partial charge on any atom is 0.272 e. The highest BCUT2D eigenvalue weighted by atomic mass is 16.3. The Hall–Kier alpha value is -5.38. The molecule has 0 bridgehead atoms. The monoisotopic (exact) mass is 480 g/mol. The van der Waals surface area contributed by atoms with Crippen LogP contribution in [0.25, 0.3) is 11.4 Å². The molecule has 178 valence electrons. The fourth-order valence-corrected chi connectivity index (χ4v) is 3.00. The van der Waals surface area contributed by atoms with Crippen LogP contribution in [0.5, 0.6) is 11.5 Å². The van der Waals surface area contributed by atoms with Crippen molar-refractivity contribution >= 4 is 24.2 Å². The molecule has 2 aromatic carbocycles. The molecule has 2 amide bonds. The molecule has 36 heavy (non-hydrogen) atoms. The first-order valence-corrected chi connectivity index (χ1v) is 10.7. The summed E-state index contributed by atoms with van der Waals surface area (Å²) in [6.45, 7) is 0. The number of para-hydroxylation sites is 2. The van der Waals surface area contributed by atoms with Crippen LogP contribution >= 0.6 is 0 Å². The smallest absolute Gasteiger partial charge is 0.272 e. The maximum absolute atomic E-state index is 12.3. The topological polar surface area (TPSA) is 149 Å². The predicted octanol–water partition coefficient (Wildman–Crippen LogP) is 3.08. The summed E-state index contributed by atoms with van der Waals surface area (Å²) in [4.78, 5) is 33.0. The van der Waals surface area contributed by atoms with Gasteiger partial charge in [0.1, 0.15) is 11.5 Å². The van der Waals surface area contributed by atoms with Gasteiger partial charge < -0.3 is 10.2 Å². The molecule has 0 atom stereocenters. The molecule has 0 saturated heterocycles. The van der Waals surface area contributed by atoms with E-state index in [0.29, 0.717) is 22.5 Å². The first kappa shape index (κ1) is 23.8. The minimum absolute atomic E-state index is 0.0534. The molecule has 0 fully saturated rings. The molecule has 0 aliphatic carbocycles. The van der Waals surface area contributed by atoms with E-state index in [-0.39, 0.29) is 22.6 Å². The van der Waals surface area contributed by atoms with Crippen molar-refractivity contribution in [2.24, 2.45) is 10.2 Å². The van der Waals surface area contributed by atoms with Crippen LogP contribution in [0.3, 0.4) is 0 Å². The van der Waals surface area contributed by atoms with E-state index in [1.165, 1.54) is 37.0 Å². The second kappa shape index (κ2) is 11.2. The largest absolute Gasteiger partial charge is 0.507 e. The highest BCUT2D eigenvalue weighted by molar-refractivity contribution is 5.96. The van der Waals surface area contributed by atoms with Gasteiger partial charge in [0.15, 0.2) is 0 Å². The van der Waals surface area contributed by atoms with Gasteiger partial charge in [-0.05, 0) is 48.5 Å². The van der Waals surface area contributed by atoms with Crippen molar-refractivity contribution in [3.63, 3.8) is 0 Å². The molecule has 2 heterocycles. The van der Waals surface area contributed by atoms with Gasteiger partial charge in [-0.2, -0.15) is 10.2 Å². The lowest BCUT2D eigenvalue weighted by Crippen LogP contribution is -2.18. The summed E-state index contributed by atoms with van der Waals surface area (Å²) in [6.07, 6.45) is 5.45. The zero-order valence-corrected chi connectivity index (χ0v) is 18.7. The second-order valence-corrected chi connectivity index (χ2v) is 7.38. The highest BCUT2D eigenvalue weighted by Crippen LogP contribution is 2.16. The number of phenolic OH excluding ortho intramolecular Hbond substituents is 2. The lowest BCUT2D eigenvalue weighted by atomic mass is 10.2. The van der Waals surface area contributed by atoms with E-state index >= 15 is 0 Å². The van der Waals surface area contributed by atoms with E-state index in [9.17, 15) is 19.8 Å². The fourth-order valence-electron chi connectivity index (χ4n) is 3.00. The second-order valence-electron chi connectivity index (χ2n) is 7.38. The lowest BCUT2D eigenvalue weighted by molar-refractivity contribution is 0.0946. The molecular formula is C26H20N6O4. The molecule has 0 unspecified atom stereocenters. The maximum atomic E-state index is 12.3. The number of phenols is 2. The van der Waals surface area contributed by atoms with Crippen molar-refractivity contribution < 1.29 is 19.8 Å². The normalized spacial score (nSPS) is 11.0. The number of hydrogen-bond donors (Lipinski definition) is 4. The van der Waals surface area contributed by atoms with Crippen LogP contribution in [0, 0.1) is 0 Å². The first-order chi connectivity index (χ1) is 17.5. The number of nitrogens with one attached hydrogen (secondary N) is 2. The Morgan fingerprint density at radius 1 is 0.639 bits per heavy atom. The number of amides is 2. The van der Waals surface area contributed by atoms with E-state index in [1.54, 1.807) is 60.7 Å². The van der Waals surface area contributed by atoms with E-state index in [4.69, 9.17) is 0 Å². The quantitative estimate of drug-likeness (QED) is 0.236. The van der Waals surface area contributed by atoms with Gasteiger partial charge >= 0.3 is 0 Å². The minimum atomic E-state index is -0.468. The summed E-state index contributed by atoms with van der Waals surface area (Å²) >= 11 is 0. The number of hydrogen-bond acceptors (Lipinski definition) is 8. The van der Waals surface area contributed by atoms with Crippen LogP contribution in [-0.2, 0) is 0 Å². The molecule has 4 rings (SSSR count). The van der Waals surface area contributed by atoms with Crippen molar-refractivity contribution in [1.82, 2.24) is 20.8 Å². The van der Waals surface area contributed by atoms with Gasteiger partial charge in [0.05, 0.1) is 34.9 Å². The van der Waals surface area contributed by atoms with Crippen LogP contribution in [0.4, 0.5) is 0 Å². The summed E-state index contributed by atoms with van der Waals surface area (Å²) in [5, 5.41) is 27.1. The Labute approximate surface area is 205 Å². The van der Waals surface area contributed by atoms with Gasteiger partial charge in [-0.1, -0.05) is 24.3 Å². The summed E-state index contributed by atoms with van der Waals surface area (Å²) in [6, 6.07) is 19.6. The number of rotatable bonds is 7. The predicted molar refractivity (Wildman–Crippen MR) is 134 cm³/mol. The summed E-state index contributed by atoms with van der Waals surface area (Å²) < 4.78 is 0. The number of aromatic nitrogens is 2. The average Bonchev–Trinajstić information content (AvgIpc) is 2.91. The third-order valence-corrected chi connectivity index (χ3v) is 4.93. The van der Waals surface area contributed by atoms with Crippen LogP contribution in [-0.4, -0.2) is 44.4 Å². The molecule has 4 N–H and O–H groups in total. The molecule has 10 nitrogen and oxygen atoms in total. The number of carbonyl (C=O) groups is 2. The molecule has 0 radical (unpaired) electrons. The molecular weight excluding hydrogens is 460 g/mol. The molecule has 0 spiro atoms. The van der Waals surface area contributed by atoms with Crippen LogP contribution in [0.1, 0.15) is 31.8 Å². The summed E-state index contributed by atoms with van der Waals surface area (Å²) in [7, 11) is 0. The zero-order chi connectivity index (χ0) is 25.3. The number of aromatic hydroxyl groups is 2. The van der Waals surface area contributed by atoms with Crippen LogP contribution in [0.15, 0.2) is 95.4 Å². The Morgan fingerprint density at radius 2 is 1.06 bits per heavy atom. The Morgan fingerprint density at radius 3 is 1.42 bits per heavy atom. The number of nitrogens with zero attached hydrogens (tertiary/aromatic N) is 4. The average molecular weight is 480 g/mol. The molecule has 0 saturated carbocycles. The van der Waals surface area contributed by atoms with Gasteiger partial charge in [-0.25, -0.2) is 10.9 Å². The van der Waals surface area contributed by atoms with E-state index in [1.807, 2.05) is 0 Å². The standard InChI is InChI=1S/C26H20N6O4/c33-23-7-3-1-5-17(23)15-29-31-25(35)19-9-11-21(27-13-19)22-12-10-20(14-28-22)26(36)32-30-16-18-6-2-4-8-24(18)34/h1-16,33-34H,(H,31,35)(H,32,36)/b29-15+,30-16+. The number of benzene rings is 2. The van der Waals surface area contributed by atoms with Crippen molar-refractivity contribution in [1.29, 1.82) is 0 Å². The third-order valence-electron chi connectivity index (χ3n) is 4.93. The van der Waals surface area contributed by atoms with E-state index in [2.05, 4.69) is 31.0 Å². The molecule has 0 aliphatic rings. The van der Waals surface area contributed by atoms with Gasteiger partial charge in [0, 0.05) is 23.5 Å². The summed E-state index contributed by atoms with van der Waals surface area (Å²) in [5.74, 6) is -0.828. The van der Waals surface area contributed by atoms with Crippen LogP contribution in [0.2, 0.25) is 0 Å². The Bertz CT molecular complexity index is 1320. The van der Waals surface area contributed by atoms with Gasteiger partial charge in [0.25, 0.3) is 11.8 Å². The molecule has 10 heteroatoms. The van der Waals surface area contributed by atoms with Crippen molar-refractivity contribution in [3.05, 3.63) is 107 Å². The van der Waals surface area contributed by atoms with Crippen molar-refractivity contribution in [2.75, 3.05) is 0 Å². The SMILES string of the molecule is O=C(N/N=C/c1ccccc1O)c1ccc(-c2ccc(C(=O)N/N=C/c3ccccc3O)cn2)nc1. The lowest BCUT2D eigenvalue weighted by Gasteiger charge is -2.04. The molecule has 2 aromatic heterocycles. The van der Waals surface area contributed by atoms with Crippen molar-refractivity contribution in [3.8, 4) is 22.9 Å². The Kier molecular flexibility index (Phi) is 7.37. The highest BCUT2D eigenvalue weighted by Gasteiger charge is 2.09. The number of pyridine rings is 2. The minimum Gasteiger partial charge on any atom is -0.507 e. The van der Waals surface area contributed by atoms with Crippen molar-refractivity contribution in [2.45, 2.75) is 0 Å². The summed E-state index contributed by atoms with van der Waals surface area (Å²) in [5.41, 5.74) is 7.28. The van der Waals surface area contributed by atoms with Crippen LogP contribution < -0.4 is 10.9 Å². The van der Waals surface area contributed by atoms with E-state index < -0.39 is 11.8 Å². The fraction of sp³-hybridized carbons (Fsp3) is 0. The van der Waals surface area contributed by atoms with Gasteiger partial charge in [0.2, 0.25) is 0 Å². The molecule has 4 aromatic rings. The van der Waals surface area contributed by atoms with Gasteiger partial charge in [-0.3, -0.25) is 19.6 Å². The van der Waals surface area contributed by atoms with E-state index in [0.717, 1.165) is 0 Å².